The Bertz CT molecular complexity index is 350. The molecule has 0 spiro atoms. The summed E-state index contributed by atoms with van der Waals surface area (Å²) in [6.07, 6.45) is 1.01. The van der Waals surface area contributed by atoms with Gasteiger partial charge in [-0.15, -0.1) is 0 Å². The van der Waals surface area contributed by atoms with Gasteiger partial charge < -0.3 is 9.32 Å². The summed E-state index contributed by atoms with van der Waals surface area (Å²) in [5.74, 6) is 0.371. The summed E-state index contributed by atoms with van der Waals surface area (Å²) < 4.78 is 5.80. The van der Waals surface area contributed by atoms with E-state index in [0.29, 0.717) is 15.3 Å². The van der Waals surface area contributed by atoms with E-state index in [-0.39, 0.29) is 5.91 Å². The van der Waals surface area contributed by atoms with Crippen molar-refractivity contribution in [2.75, 3.05) is 13.1 Å². The average Bonchev–Trinajstić information content (AvgIpc) is 2.73. The Balaban J connectivity index is 2.09. The maximum Gasteiger partial charge on any atom is 0.289 e. The van der Waals surface area contributed by atoms with Gasteiger partial charge in [0.05, 0.1) is 0 Å². The first kappa shape index (κ1) is 10.2. The fourth-order valence-corrected chi connectivity index (χ4v) is 2.35. The summed E-state index contributed by atoms with van der Waals surface area (Å²) in [6.45, 7) is 1.56. The van der Waals surface area contributed by atoms with Gasteiger partial charge in [-0.1, -0.05) is 15.9 Å². The summed E-state index contributed by atoms with van der Waals surface area (Å²) in [6, 6.07) is 3.42. The minimum atomic E-state index is -0.0300. The van der Waals surface area contributed by atoms with Crippen LogP contribution in [-0.4, -0.2) is 28.7 Å². The molecular formula is C9H9Br2NO2. The second-order valence-electron chi connectivity index (χ2n) is 3.24. The molecule has 0 N–H and O–H groups in total. The summed E-state index contributed by atoms with van der Waals surface area (Å²) >= 11 is 6.67. The van der Waals surface area contributed by atoms with Crippen molar-refractivity contribution >= 4 is 37.8 Å². The summed E-state index contributed by atoms with van der Waals surface area (Å²) in [7, 11) is 0. The molecule has 1 aromatic heterocycles. The van der Waals surface area contributed by atoms with Gasteiger partial charge in [0.1, 0.15) is 0 Å². The van der Waals surface area contributed by atoms with Crippen LogP contribution in [0.25, 0.3) is 0 Å². The van der Waals surface area contributed by atoms with Gasteiger partial charge >= 0.3 is 0 Å². The molecule has 0 saturated carbocycles. The molecule has 2 heterocycles. The van der Waals surface area contributed by atoms with E-state index in [2.05, 4.69) is 31.9 Å². The number of nitrogens with zero attached hydrogens (tertiary/aromatic N) is 1. The van der Waals surface area contributed by atoms with Crippen molar-refractivity contribution in [3.8, 4) is 0 Å². The minimum absolute atomic E-state index is 0.0300. The zero-order valence-corrected chi connectivity index (χ0v) is 10.5. The number of halogens is 2. The molecule has 0 aliphatic carbocycles. The van der Waals surface area contributed by atoms with Crippen LogP contribution < -0.4 is 0 Å². The van der Waals surface area contributed by atoms with E-state index >= 15 is 0 Å². The summed E-state index contributed by atoms with van der Waals surface area (Å²) in [5.41, 5.74) is 0. The van der Waals surface area contributed by atoms with Gasteiger partial charge in [0.25, 0.3) is 5.91 Å². The topological polar surface area (TPSA) is 33.5 Å². The fourth-order valence-electron chi connectivity index (χ4n) is 1.49. The van der Waals surface area contributed by atoms with E-state index < -0.39 is 0 Å². The van der Waals surface area contributed by atoms with Crippen LogP contribution in [0.5, 0.6) is 0 Å². The smallest absolute Gasteiger partial charge is 0.289 e. The standard InChI is InChI=1S/C9H9Br2NO2/c10-6-3-4-12(5-6)9(13)7-1-2-8(11)14-7/h1-2,6H,3-5H2. The zero-order valence-electron chi connectivity index (χ0n) is 7.37. The van der Waals surface area contributed by atoms with Crippen LogP contribution in [0.4, 0.5) is 0 Å². The number of carbonyl (C=O) groups excluding carboxylic acids is 1. The number of carbonyl (C=O) groups is 1. The highest BCUT2D eigenvalue weighted by Crippen LogP contribution is 2.21. The Morgan fingerprint density at radius 1 is 1.57 bits per heavy atom. The van der Waals surface area contributed by atoms with Crippen molar-refractivity contribution in [1.82, 2.24) is 4.90 Å². The maximum absolute atomic E-state index is 11.8. The molecular weight excluding hydrogens is 314 g/mol. The van der Waals surface area contributed by atoms with Gasteiger partial charge in [-0.3, -0.25) is 4.79 Å². The normalized spacial score (nSPS) is 21.6. The first-order valence-electron chi connectivity index (χ1n) is 4.35. The molecule has 1 amide bonds. The predicted octanol–water partition coefficient (Wildman–Crippen LogP) is 2.65. The van der Waals surface area contributed by atoms with E-state index in [0.717, 1.165) is 19.5 Å². The number of amides is 1. The van der Waals surface area contributed by atoms with E-state index in [1.54, 1.807) is 17.0 Å². The Kier molecular flexibility index (Phi) is 2.97. The van der Waals surface area contributed by atoms with Crippen LogP contribution in [0.2, 0.25) is 0 Å². The van der Waals surface area contributed by atoms with Crippen LogP contribution in [0, 0.1) is 0 Å². The van der Waals surface area contributed by atoms with Crippen molar-refractivity contribution in [2.45, 2.75) is 11.2 Å². The zero-order chi connectivity index (χ0) is 10.1. The third kappa shape index (κ3) is 2.03. The van der Waals surface area contributed by atoms with Gasteiger partial charge in [0.15, 0.2) is 10.4 Å². The largest absolute Gasteiger partial charge is 0.444 e. The highest BCUT2D eigenvalue weighted by atomic mass is 79.9. The summed E-state index contributed by atoms with van der Waals surface area (Å²) in [4.78, 5) is 14.0. The van der Waals surface area contributed by atoms with E-state index in [4.69, 9.17) is 4.42 Å². The molecule has 1 aliphatic heterocycles. The van der Waals surface area contributed by atoms with E-state index in [1.165, 1.54) is 0 Å². The Labute approximate surface area is 98.7 Å². The van der Waals surface area contributed by atoms with Crippen LogP contribution in [-0.2, 0) is 0 Å². The van der Waals surface area contributed by atoms with Crippen molar-refractivity contribution in [1.29, 1.82) is 0 Å². The quantitative estimate of drug-likeness (QED) is 0.745. The van der Waals surface area contributed by atoms with Crippen LogP contribution in [0.1, 0.15) is 17.0 Å². The molecule has 14 heavy (non-hydrogen) atoms. The number of rotatable bonds is 1. The molecule has 0 bridgehead atoms. The van der Waals surface area contributed by atoms with Crippen molar-refractivity contribution in [2.24, 2.45) is 0 Å². The Morgan fingerprint density at radius 2 is 2.36 bits per heavy atom. The lowest BCUT2D eigenvalue weighted by atomic mass is 10.4. The Morgan fingerprint density at radius 3 is 2.86 bits per heavy atom. The molecule has 1 unspecified atom stereocenters. The third-order valence-corrected chi connectivity index (χ3v) is 3.38. The van der Waals surface area contributed by atoms with Crippen molar-refractivity contribution in [3.05, 3.63) is 22.6 Å². The van der Waals surface area contributed by atoms with Crippen molar-refractivity contribution < 1.29 is 9.21 Å². The monoisotopic (exact) mass is 321 g/mol. The molecule has 76 valence electrons. The maximum atomic E-state index is 11.8. The molecule has 1 saturated heterocycles. The molecule has 1 aromatic rings. The number of hydrogen-bond acceptors (Lipinski definition) is 2. The number of hydrogen-bond donors (Lipinski definition) is 0. The van der Waals surface area contributed by atoms with Crippen LogP contribution >= 0.6 is 31.9 Å². The molecule has 1 aliphatic rings. The van der Waals surface area contributed by atoms with E-state index in [1.807, 2.05) is 0 Å². The molecule has 0 radical (unpaired) electrons. The van der Waals surface area contributed by atoms with Crippen LogP contribution in [0.3, 0.4) is 0 Å². The minimum Gasteiger partial charge on any atom is -0.444 e. The highest BCUT2D eigenvalue weighted by Gasteiger charge is 2.26. The fraction of sp³-hybridized carbons (Fsp3) is 0.444. The SMILES string of the molecule is O=C(c1ccc(Br)o1)N1CCC(Br)C1. The second kappa shape index (κ2) is 4.06. The van der Waals surface area contributed by atoms with Crippen LogP contribution in [0.15, 0.2) is 21.2 Å². The summed E-state index contributed by atoms with van der Waals surface area (Å²) in [5, 5.41) is 0. The van der Waals surface area contributed by atoms with Gasteiger partial charge in [-0.2, -0.15) is 0 Å². The number of likely N-dealkylation sites (tertiary alicyclic amines) is 1. The van der Waals surface area contributed by atoms with Gasteiger partial charge in [0, 0.05) is 17.9 Å². The first-order chi connectivity index (χ1) is 6.66. The molecule has 0 aromatic carbocycles. The molecule has 2 rings (SSSR count). The van der Waals surface area contributed by atoms with Crippen molar-refractivity contribution in [3.63, 3.8) is 0 Å². The highest BCUT2D eigenvalue weighted by molar-refractivity contribution is 9.10. The second-order valence-corrected chi connectivity index (χ2v) is 5.32. The molecule has 5 heteroatoms. The lowest BCUT2D eigenvalue weighted by Gasteiger charge is -2.13. The number of furan rings is 1. The average molecular weight is 323 g/mol. The lowest BCUT2D eigenvalue weighted by molar-refractivity contribution is 0.0760. The Hall–Kier alpha value is -0.290. The molecule has 3 nitrogen and oxygen atoms in total. The van der Waals surface area contributed by atoms with Gasteiger partial charge in [-0.25, -0.2) is 0 Å². The predicted molar refractivity (Wildman–Crippen MR) is 59.6 cm³/mol. The van der Waals surface area contributed by atoms with Gasteiger partial charge in [-0.05, 0) is 34.5 Å². The van der Waals surface area contributed by atoms with E-state index in [9.17, 15) is 4.79 Å². The molecule has 1 fully saturated rings. The lowest BCUT2D eigenvalue weighted by Crippen LogP contribution is -2.28. The molecule has 1 atom stereocenters. The van der Waals surface area contributed by atoms with Gasteiger partial charge in [0.2, 0.25) is 0 Å². The number of alkyl halides is 1. The third-order valence-electron chi connectivity index (χ3n) is 2.20. The first-order valence-corrected chi connectivity index (χ1v) is 6.06.